The molecule has 0 saturated carbocycles. The molecular weight excluding hydrogens is 208 g/mol. The Morgan fingerprint density at radius 3 is 2.41 bits per heavy atom. The van der Waals surface area contributed by atoms with Crippen LogP contribution in [0.3, 0.4) is 0 Å². The Labute approximate surface area is 100.0 Å². The molecule has 3 aromatic rings. The van der Waals surface area contributed by atoms with Crippen molar-refractivity contribution in [3.05, 3.63) is 60.4 Å². The van der Waals surface area contributed by atoms with Crippen LogP contribution in [0.5, 0.6) is 0 Å². The van der Waals surface area contributed by atoms with Gasteiger partial charge in [-0.25, -0.2) is 9.97 Å². The van der Waals surface area contributed by atoms with Gasteiger partial charge in [0.15, 0.2) is 0 Å². The zero-order chi connectivity index (χ0) is 11.7. The quantitative estimate of drug-likeness (QED) is 0.626. The second-order valence-corrected chi connectivity index (χ2v) is 4.11. The summed E-state index contributed by atoms with van der Waals surface area (Å²) in [6, 6.07) is 16.5. The number of rotatable bonds is 1. The van der Waals surface area contributed by atoms with Gasteiger partial charge in [0.25, 0.3) is 0 Å². The molecule has 2 heteroatoms. The zero-order valence-corrected chi connectivity index (χ0v) is 9.59. The van der Waals surface area contributed by atoms with Gasteiger partial charge in [-0.1, -0.05) is 48.0 Å². The first kappa shape index (κ1) is 9.97. The van der Waals surface area contributed by atoms with Gasteiger partial charge >= 0.3 is 0 Å². The van der Waals surface area contributed by atoms with E-state index in [-0.39, 0.29) is 0 Å². The maximum atomic E-state index is 4.40. The Kier molecular flexibility index (Phi) is 2.33. The molecule has 82 valence electrons. The second kappa shape index (κ2) is 3.98. The largest absolute Gasteiger partial charge is 0.236 e. The average molecular weight is 220 g/mol. The molecule has 0 radical (unpaired) electrons. The van der Waals surface area contributed by atoms with Gasteiger partial charge < -0.3 is 0 Å². The number of hydrogen-bond acceptors (Lipinski definition) is 2. The highest BCUT2D eigenvalue weighted by molar-refractivity contribution is 5.91. The topological polar surface area (TPSA) is 25.8 Å². The van der Waals surface area contributed by atoms with Crippen molar-refractivity contribution in [3.8, 4) is 11.3 Å². The van der Waals surface area contributed by atoms with Gasteiger partial charge in [0.1, 0.15) is 6.33 Å². The summed E-state index contributed by atoms with van der Waals surface area (Å²) in [6.45, 7) is 2.09. The fraction of sp³-hybridized carbons (Fsp3) is 0.0667. The van der Waals surface area contributed by atoms with E-state index in [1.807, 2.05) is 18.2 Å². The van der Waals surface area contributed by atoms with Crippen LogP contribution in [0.4, 0.5) is 0 Å². The van der Waals surface area contributed by atoms with Crippen molar-refractivity contribution in [1.82, 2.24) is 9.97 Å². The lowest BCUT2D eigenvalue weighted by atomic mass is 10.1. The van der Waals surface area contributed by atoms with Gasteiger partial charge in [0.05, 0.1) is 11.2 Å². The number of para-hydroxylation sites is 1. The van der Waals surface area contributed by atoms with Crippen LogP contribution in [0.2, 0.25) is 0 Å². The molecule has 0 atom stereocenters. The lowest BCUT2D eigenvalue weighted by Crippen LogP contribution is -1.88. The van der Waals surface area contributed by atoms with E-state index in [0.29, 0.717) is 0 Å². The Balaban J connectivity index is 2.27. The molecule has 3 rings (SSSR count). The van der Waals surface area contributed by atoms with Crippen LogP contribution >= 0.6 is 0 Å². The van der Waals surface area contributed by atoms with Gasteiger partial charge in [-0.2, -0.15) is 0 Å². The maximum Gasteiger partial charge on any atom is 0.116 e. The molecule has 1 aromatic heterocycles. The fourth-order valence-corrected chi connectivity index (χ4v) is 1.95. The van der Waals surface area contributed by atoms with E-state index in [4.69, 9.17) is 0 Å². The van der Waals surface area contributed by atoms with E-state index in [0.717, 1.165) is 22.2 Å². The third-order valence-electron chi connectivity index (χ3n) is 2.87. The normalized spacial score (nSPS) is 10.6. The van der Waals surface area contributed by atoms with E-state index in [1.54, 1.807) is 6.33 Å². The zero-order valence-electron chi connectivity index (χ0n) is 9.59. The monoisotopic (exact) mass is 220 g/mol. The molecule has 17 heavy (non-hydrogen) atoms. The van der Waals surface area contributed by atoms with E-state index < -0.39 is 0 Å². The molecule has 0 bridgehead atoms. The van der Waals surface area contributed by atoms with Gasteiger partial charge in [-0.3, -0.25) is 0 Å². The van der Waals surface area contributed by atoms with Gasteiger partial charge in [-0.05, 0) is 13.0 Å². The molecule has 0 amide bonds. The minimum atomic E-state index is 0.984. The molecule has 0 N–H and O–H groups in total. The molecule has 0 aliphatic heterocycles. The van der Waals surface area contributed by atoms with E-state index in [9.17, 15) is 0 Å². The first-order chi connectivity index (χ1) is 8.34. The van der Waals surface area contributed by atoms with Crippen LogP contribution in [0.25, 0.3) is 22.2 Å². The van der Waals surface area contributed by atoms with Crippen LogP contribution in [-0.4, -0.2) is 9.97 Å². The van der Waals surface area contributed by atoms with Crippen molar-refractivity contribution in [1.29, 1.82) is 0 Å². The summed E-state index contributed by atoms with van der Waals surface area (Å²) in [7, 11) is 0. The van der Waals surface area contributed by atoms with E-state index in [1.165, 1.54) is 5.56 Å². The van der Waals surface area contributed by atoms with Crippen LogP contribution in [0, 0.1) is 6.92 Å². The first-order valence-corrected chi connectivity index (χ1v) is 5.61. The molecule has 1 heterocycles. The van der Waals surface area contributed by atoms with Crippen LogP contribution < -0.4 is 0 Å². The smallest absolute Gasteiger partial charge is 0.116 e. The number of fused-ring (bicyclic) bond motifs is 1. The van der Waals surface area contributed by atoms with Crippen molar-refractivity contribution < 1.29 is 0 Å². The van der Waals surface area contributed by atoms with Crippen molar-refractivity contribution in [3.63, 3.8) is 0 Å². The lowest BCUT2D eigenvalue weighted by Gasteiger charge is -2.05. The molecule has 0 spiro atoms. The summed E-state index contributed by atoms with van der Waals surface area (Å²) in [5.41, 5.74) is 4.37. The SMILES string of the molecule is Cc1ccc(-c2ncnc3ccccc23)cc1. The van der Waals surface area contributed by atoms with E-state index >= 15 is 0 Å². The molecule has 0 saturated heterocycles. The van der Waals surface area contributed by atoms with Gasteiger partial charge in [0.2, 0.25) is 0 Å². The molecular formula is C15H12N2. The number of benzene rings is 2. The van der Waals surface area contributed by atoms with E-state index in [2.05, 4.69) is 47.2 Å². The third kappa shape index (κ3) is 1.78. The number of aryl methyl sites for hydroxylation is 1. The predicted octanol–water partition coefficient (Wildman–Crippen LogP) is 3.61. The molecule has 2 nitrogen and oxygen atoms in total. The molecule has 2 aromatic carbocycles. The predicted molar refractivity (Wildman–Crippen MR) is 69.7 cm³/mol. The summed E-state index contributed by atoms with van der Waals surface area (Å²) < 4.78 is 0. The Hall–Kier alpha value is -2.22. The molecule has 0 fully saturated rings. The van der Waals surface area contributed by atoms with Gasteiger partial charge in [-0.15, -0.1) is 0 Å². The Bertz CT molecular complexity index is 652. The minimum Gasteiger partial charge on any atom is -0.236 e. The van der Waals surface area contributed by atoms with Crippen LogP contribution in [0.1, 0.15) is 5.56 Å². The highest BCUT2D eigenvalue weighted by atomic mass is 14.8. The molecule has 0 aliphatic rings. The summed E-state index contributed by atoms with van der Waals surface area (Å²) >= 11 is 0. The minimum absolute atomic E-state index is 0.984. The number of hydrogen-bond donors (Lipinski definition) is 0. The summed E-state index contributed by atoms with van der Waals surface area (Å²) in [4.78, 5) is 8.67. The van der Waals surface area contributed by atoms with Crippen molar-refractivity contribution in [2.24, 2.45) is 0 Å². The Morgan fingerprint density at radius 1 is 0.824 bits per heavy atom. The summed E-state index contributed by atoms with van der Waals surface area (Å²) in [6.07, 6.45) is 1.62. The van der Waals surface area contributed by atoms with Gasteiger partial charge in [0, 0.05) is 10.9 Å². The van der Waals surface area contributed by atoms with Crippen LogP contribution in [0.15, 0.2) is 54.9 Å². The summed E-state index contributed by atoms with van der Waals surface area (Å²) in [5, 5.41) is 1.10. The highest BCUT2D eigenvalue weighted by Crippen LogP contribution is 2.24. The summed E-state index contributed by atoms with van der Waals surface area (Å²) in [5.74, 6) is 0. The Morgan fingerprint density at radius 2 is 1.59 bits per heavy atom. The molecule has 0 unspecified atom stereocenters. The number of nitrogens with zero attached hydrogens (tertiary/aromatic N) is 2. The average Bonchev–Trinajstić information content (AvgIpc) is 2.39. The lowest BCUT2D eigenvalue weighted by molar-refractivity contribution is 1.22. The van der Waals surface area contributed by atoms with Crippen molar-refractivity contribution in [2.75, 3.05) is 0 Å². The highest BCUT2D eigenvalue weighted by Gasteiger charge is 2.04. The maximum absolute atomic E-state index is 4.40. The first-order valence-electron chi connectivity index (χ1n) is 5.61. The van der Waals surface area contributed by atoms with Crippen LogP contribution in [-0.2, 0) is 0 Å². The van der Waals surface area contributed by atoms with Crippen molar-refractivity contribution in [2.45, 2.75) is 6.92 Å². The standard InChI is InChI=1S/C15H12N2/c1-11-6-8-12(9-7-11)15-13-4-2-3-5-14(13)16-10-17-15/h2-10H,1H3. The second-order valence-electron chi connectivity index (χ2n) is 4.11. The molecule has 0 aliphatic carbocycles. The fourth-order valence-electron chi connectivity index (χ4n) is 1.95. The third-order valence-corrected chi connectivity index (χ3v) is 2.87. The number of aromatic nitrogens is 2. The van der Waals surface area contributed by atoms with Crippen molar-refractivity contribution >= 4 is 10.9 Å².